The van der Waals surface area contributed by atoms with Gasteiger partial charge in [-0.15, -0.1) is 11.3 Å². The summed E-state index contributed by atoms with van der Waals surface area (Å²) >= 11 is 1.44. The molecule has 0 aliphatic rings. The van der Waals surface area contributed by atoms with E-state index in [1.165, 1.54) is 23.5 Å². The lowest BCUT2D eigenvalue weighted by atomic mass is 10.0. The molecule has 136 valence electrons. The Morgan fingerprint density at radius 1 is 1.19 bits per heavy atom. The van der Waals surface area contributed by atoms with Crippen molar-refractivity contribution >= 4 is 28.3 Å². The van der Waals surface area contributed by atoms with Crippen LogP contribution in [0.2, 0.25) is 0 Å². The number of rotatable bonds is 6. The van der Waals surface area contributed by atoms with Crippen LogP contribution in [0.4, 0.5) is 4.39 Å². The number of nitrogens with zero attached hydrogens (tertiary/aromatic N) is 1. The number of carbonyl (C=O) groups excluding carboxylic acids is 1. The Morgan fingerprint density at radius 3 is 3.00 bits per heavy atom. The molecule has 2 N–H and O–H groups in total. The number of thiophene rings is 1. The van der Waals surface area contributed by atoms with Crippen molar-refractivity contribution in [1.82, 2.24) is 15.3 Å². The van der Waals surface area contributed by atoms with Gasteiger partial charge < -0.3 is 10.3 Å². The number of aromatic nitrogens is 2. The molecule has 0 fully saturated rings. The topological polar surface area (TPSA) is 57.8 Å². The molecule has 1 amide bonds. The monoisotopic (exact) mass is 379 g/mol. The van der Waals surface area contributed by atoms with Gasteiger partial charge in [0.15, 0.2) is 0 Å². The van der Waals surface area contributed by atoms with E-state index in [9.17, 15) is 9.18 Å². The number of fused-ring (bicyclic) bond motifs is 1. The van der Waals surface area contributed by atoms with E-state index in [0.717, 1.165) is 32.6 Å². The molecule has 0 spiro atoms. The van der Waals surface area contributed by atoms with Crippen LogP contribution >= 0.6 is 11.3 Å². The fourth-order valence-electron chi connectivity index (χ4n) is 3.14. The van der Waals surface area contributed by atoms with Gasteiger partial charge >= 0.3 is 0 Å². The van der Waals surface area contributed by atoms with E-state index in [1.807, 2.05) is 35.8 Å². The zero-order valence-electron chi connectivity index (χ0n) is 14.5. The SMILES string of the molecule is O=C(NCCc1cccc(F)c1)c1sccc1Cc1ccnc2[nH]ccc12. The molecule has 0 saturated carbocycles. The number of pyridine rings is 1. The largest absolute Gasteiger partial charge is 0.351 e. The van der Waals surface area contributed by atoms with Gasteiger partial charge in [0.05, 0.1) is 4.88 Å². The number of halogens is 1. The molecule has 0 radical (unpaired) electrons. The van der Waals surface area contributed by atoms with E-state index in [0.29, 0.717) is 19.4 Å². The lowest BCUT2D eigenvalue weighted by molar-refractivity contribution is 0.0957. The molecule has 0 aliphatic heterocycles. The molecule has 0 bridgehead atoms. The number of benzene rings is 1. The molecule has 4 rings (SSSR count). The summed E-state index contributed by atoms with van der Waals surface area (Å²) in [5.74, 6) is -0.344. The molecule has 0 aliphatic carbocycles. The van der Waals surface area contributed by atoms with Crippen molar-refractivity contribution in [3.05, 3.63) is 87.6 Å². The predicted molar refractivity (Wildman–Crippen MR) is 106 cm³/mol. The van der Waals surface area contributed by atoms with Gasteiger partial charge in [-0.25, -0.2) is 9.37 Å². The molecule has 1 aromatic carbocycles. The summed E-state index contributed by atoms with van der Waals surface area (Å²) in [6.45, 7) is 0.469. The molecule has 3 heterocycles. The van der Waals surface area contributed by atoms with E-state index < -0.39 is 0 Å². The third kappa shape index (κ3) is 3.90. The first-order valence-corrected chi connectivity index (χ1v) is 9.58. The average Bonchev–Trinajstić information content (AvgIpc) is 3.31. The van der Waals surface area contributed by atoms with Gasteiger partial charge in [0, 0.05) is 24.3 Å². The van der Waals surface area contributed by atoms with E-state index in [2.05, 4.69) is 15.3 Å². The molecule has 27 heavy (non-hydrogen) atoms. The van der Waals surface area contributed by atoms with Gasteiger partial charge in [-0.3, -0.25) is 4.79 Å². The second-order valence-corrected chi connectivity index (χ2v) is 7.21. The maximum atomic E-state index is 13.2. The molecule has 4 nitrogen and oxygen atoms in total. The number of amides is 1. The van der Waals surface area contributed by atoms with E-state index in [1.54, 1.807) is 12.3 Å². The Labute approximate surface area is 160 Å². The minimum Gasteiger partial charge on any atom is -0.351 e. The van der Waals surface area contributed by atoms with Crippen LogP contribution in [0.5, 0.6) is 0 Å². The first-order valence-electron chi connectivity index (χ1n) is 8.71. The molecular formula is C21H18FN3OS. The molecular weight excluding hydrogens is 361 g/mol. The summed E-state index contributed by atoms with van der Waals surface area (Å²) < 4.78 is 13.2. The first kappa shape index (κ1) is 17.4. The zero-order chi connectivity index (χ0) is 18.6. The highest BCUT2D eigenvalue weighted by Gasteiger charge is 2.14. The molecule has 0 saturated heterocycles. The quantitative estimate of drug-likeness (QED) is 0.524. The Bertz CT molecular complexity index is 1090. The van der Waals surface area contributed by atoms with Crippen molar-refractivity contribution in [2.24, 2.45) is 0 Å². The summed E-state index contributed by atoms with van der Waals surface area (Å²) in [7, 11) is 0. The fraction of sp³-hybridized carbons (Fsp3) is 0.143. The van der Waals surface area contributed by atoms with Gasteiger partial charge in [0.2, 0.25) is 0 Å². The second kappa shape index (κ2) is 7.72. The van der Waals surface area contributed by atoms with Crippen LogP contribution in [0, 0.1) is 5.82 Å². The first-order chi connectivity index (χ1) is 13.2. The van der Waals surface area contributed by atoms with Crippen molar-refractivity contribution < 1.29 is 9.18 Å². The van der Waals surface area contributed by atoms with Crippen molar-refractivity contribution in [2.75, 3.05) is 6.54 Å². The summed E-state index contributed by atoms with van der Waals surface area (Å²) in [4.78, 5) is 20.7. The van der Waals surface area contributed by atoms with Gasteiger partial charge in [-0.1, -0.05) is 12.1 Å². The Balaban J connectivity index is 1.43. The fourth-order valence-corrected chi connectivity index (χ4v) is 3.98. The minimum atomic E-state index is -0.257. The smallest absolute Gasteiger partial charge is 0.261 e. The Hall–Kier alpha value is -2.99. The number of hydrogen-bond donors (Lipinski definition) is 2. The van der Waals surface area contributed by atoms with Crippen LogP contribution < -0.4 is 5.32 Å². The number of hydrogen-bond acceptors (Lipinski definition) is 3. The Kier molecular flexibility index (Phi) is 4.98. The van der Waals surface area contributed by atoms with Gasteiger partial charge in [0.1, 0.15) is 11.5 Å². The molecule has 0 atom stereocenters. The number of H-pyrrole nitrogens is 1. The highest BCUT2D eigenvalue weighted by atomic mass is 32.1. The summed E-state index contributed by atoms with van der Waals surface area (Å²) in [6, 6.07) is 12.4. The lowest BCUT2D eigenvalue weighted by Crippen LogP contribution is -2.25. The summed E-state index contributed by atoms with van der Waals surface area (Å²) in [5, 5.41) is 5.95. The van der Waals surface area contributed by atoms with E-state index in [-0.39, 0.29) is 11.7 Å². The van der Waals surface area contributed by atoms with Crippen molar-refractivity contribution in [3.8, 4) is 0 Å². The summed E-state index contributed by atoms with van der Waals surface area (Å²) in [6.07, 6.45) is 4.92. The minimum absolute atomic E-state index is 0.0872. The van der Waals surface area contributed by atoms with Crippen molar-refractivity contribution in [2.45, 2.75) is 12.8 Å². The van der Waals surface area contributed by atoms with Gasteiger partial charge in [0.25, 0.3) is 5.91 Å². The number of aromatic amines is 1. The molecule has 0 unspecified atom stereocenters. The maximum absolute atomic E-state index is 13.2. The standard InChI is InChI=1S/C21H18FN3OS/c22-17-3-1-2-14(12-17)4-8-25-21(26)19-16(7-11-27-19)13-15-5-9-23-20-18(15)6-10-24-20/h1-3,5-7,9-12H,4,8,13H2,(H,23,24)(H,25,26). The predicted octanol–water partition coefficient (Wildman–Crippen LogP) is 4.33. The molecule has 3 aromatic heterocycles. The van der Waals surface area contributed by atoms with Crippen molar-refractivity contribution in [3.63, 3.8) is 0 Å². The van der Waals surface area contributed by atoms with E-state index in [4.69, 9.17) is 0 Å². The maximum Gasteiger partial charge on any atom is 0.261 e. The van der Waals surface area contributed by atoms with Crippen molar-refractivity contribution in [1.29, 1.82) is 0 Å². The molecule has 6 heteroatoms. The van der Waals surface area contributed by atoms with Crippen LogP contribution in [0.3, 0.4) is 0 Å². The highest BCUT2D eigenvalue weighted by molar-refractivity contribution is 7.12. The van der Waals surface area contributed by atoms with E-state index >= 15 is 0 Å². The lowest BCUT2D eigenvalue weighted by Gasteiger charge is -2.07. The number of carbonyl (C=O) groups is 1. The molecule has 4 aromatic rings. The van der Waals surface area contributed by atoms with Crippen LogP contribution in [0.1, 0.15) is 26.4 Å². The Morgan fingerprint density at radius 2 is 2.11 bits per heavy atom. The van der Waals surface area contributed by atoms with Crippen LogP contribution in [-0.4, -0.2) is 22.4 Å². The normalized spacial score (nSPS) is 11.0. The van der Waals surface area contributed by atoms with Gasteiger partial charge in [-0.2, -0.15) is 0 Å². The average molecular weight is 379 g/mol. The zero-order valence-corrected chi connectivity index (χ0v) is 15.4. The van der Waals surface area contributed by atoms with Crippen LogP contribution in [0.15, 0.2) is 60.2 Å². The highest BCUT2D eigenvalue weighted by Crippen LogP contribution is 2.24. The number of nitrogens with one attached hydrogen (secondary N) is 2. The third-order valence-electron chi connectivity index (χ3n) is 4.47. The van der Waals surface area contributed by atoms with Crippen LogP contribution in [0.25, 0.3) is 11.0 Å². The second-order valence-electron chi connectivity index (χ2n) is 6.30. The third-order valence-corrected chi connectivity index (χ3v) is 5.43. The summed E-state index contributed by atoms with van der Waals surface area (Å²) in [5.41, 5.74) is 3.85. The van der Waals surface area contributed by atoms with Crippen LogP contribution in [-0.2, 0) is 12.8 Å². The van der Waals surface area contributed by atoms with Gasteiger partial charge in [-0.05, 0) is 65.2 Å².